The highest BCUT2D eigenvalue weighted by molar-refractivity contribution is 7.80. The monoisotopic (exact) mass is 281 g/mol. The molecule has 0 unspecified atom stereocenters. The molecule has 18 heavy (non-hydrogen) atoms. The van der Waals surface area contributed by atoms with E-state index in [1.807, 2.05) is 6.92 Å². The molecule has 0 saturated heterocycles. The number of rotatable bonds is 3. The maximum atomic E-state index is 5.82. The van der Waals surface area contributed by atoms with E-state index in [1.165, 1.54) is 0 Å². The molecule has 0 aliphatic rings. The number of hydrogen-bond acceptors (Lipinski definition) is 3. The highest BCUT2D eigenvalue weighted by Gasteiger charge is 2.17. The van der Waals surface area contributed by atoms with E-state index in [0.29, 0.717) is 22.2 Å². The second-order valence-corrected chi connectivity index (χ2v) is 4.69. The van der Waals surface area contributed by atoms with Gasteiger partial charge in [-0.25, -0.2) is 4.68 Å². The van der Waals surface area contributed by atoms with Crippen molar-refractivity contribution in [2.45, 2.75) is 6.92 Å². The summed E-state index contributed by atoms with van der Waals surface area (Å²) in [6, 6.07) is 7.04. The van der Waals surface area contributed by atoms with Gasteiger partial charge in [-0.05, 0) is 31.2 Å². The predicted octanol–water partition coefficient (Wildman–Crippen LogP) is 2.81. The number of thiocarbonyl (C=S) groups is 1. The number of ether oxygens (including phenoxy) is 1. The zero-order valence-electron chi connectivity index (χ0n) is 9.98. The number of benzene rings is 1. The van der Waals surface area contributed by atoms with Gasteiger partial charge in [0, 0.05) is 12.1 Å². The first-order valence-electron chi connectivity index (χ1n) is 5.26. The number of aromatic nitrogens is 2. The molecule has 94 valence electrons. The Kier molecular flexibility index (Phi) is 3.54. The van der Waals surface area contributed by atoms with Crippen molar-refractivity contribution in [1.29, 1.82) is 0 Å². The fraction of sp³-hybridized carbons (Fsp3) is 0.167. The van der Waals surface area contributed by atoms with Crippen molar-refractivity contribution in [3.63, 3.8) is 0 Å². The van der Waals surface area contributed by atoms with E-state index in [-0.39, 0.29) is 4.99 Å². The number of nitrogens with zero attached hydrogens (tertiary/aromatic N) is 2. The molecule has 0 atom stereocenters. The molecule has 1 heterocycles. The van der Waals surface area contributed by atoms with Crippen LogP contribution in [-0.4, -0.2) is 14.8 Å². The van der Waals surface area contributed by atoms with Gasteiger partial charge in [-0.15, -0.1) is 0 Å². The summed E-state index contributed by atoms with van der Waals surface area (Å²) in [4.78, 5) is 0.268. The summed E-state index contributed by atoms with van der Waals surface area (Å²) in [6.45, 7) is 1.84. The lowest BCUT2D eigenvalue weighted by atomic mass is 10.2. The lowest BCUT2D eigenvalue weighted by Crippen LogP contribution is -2.11. The molecule has 0 aliphatic heterocycles. The molecule has 2 N–H and O–H groups in total. The fourth-order valence-corrected chi connectivity index (χ4v) is 2.01. The molecule has 2 aromatic rings. The third kappa shape index (κ3) is 2.47. The van der Waals surface area contributed by atoms with Crippen LogP contribution in [0.5, 0.6) is 11.6 Å². The van der Waals surface area contributed by atoms with Gasteiger partial charge in [0.2, 0.25) is 5.88 Å². The van der Waals surface area contributed by atoms with E-state index >= 15 is 0 Å². The second kappa shape index (κ2) is 4.96. The molecule has 0 bridgehead atoms. The van der Waals surface area contributed by atoms with Gasteiger partial charge in [0.1, 0.15) is 10.7 Å². The van der Waals surface area contributed by atoms with Crippen LogP contribution >= 0.6 is 23.8 Å². The first-order chi connectivity index (χ1) is 8.49. The molecule has 0 amide bonds. The summed E-state index contributed by atoms with van der Waals surface area (Å²) in [6.07, 6.45) is 0. The van der Waals surface area contributed by atoms with Gasteiger partial charge in [-0.2, -0.15) is 5.10 Å². The van der Waals surface area contributed by atoms with Crippen LogP contribution in [0.4, 0.5) is 0 Å². The Morgan fingerprint density at radius 1 is 1.39 bits per heavy atom. The molecule has 0 aliphatic carbocycles. The quantitative estimate of drug-likeness (QED) is 0.879. The summed E-state index contributed by atoms with van der Waals surface area (Å²) in [5.74, 6) is 1.18. The molecular weight excluding hydrogens is 270 g/mol. The van der Waals surface area contributed by atoms with Crippen molar-refractivity contribution in [3.05, 3.63) is 40.5 Å². The van der Waals surface area contributed by atoms with Crippen LogP contribution in [0.15, 0.2) is 24.3 Å². The molecule has 0 fully saturated rings. The molecule has 1 aromatic carbocycles. The fourth-order valence-electron chi connectivity index (χ4n) is 1.65. The number of hydrogen-bond donors (Lipinski definition) is 1. The summed E-state index contributed by atoms with van der Waals surface area (Å²) in [5, 5.41) is 4.90. The highest BCUT2D eigenvalue weighted by Crippen LogP contribution is 2.27. The van der Waals surface area contributed by atoms with Gasteiger partial charge >= 0.3 is 0 Å². The van der Waals surface area contributed by atoms with Gasteiger partial charge in [0.05, 0.1) is 11.3 Å². The van der Waals surface area contributed by atoms with Crippen LogP contribution in [0.3, 0.4) is 0 Å². The average Bonchev–Trinajstić information content (AvgIpc) is 2.57. The zero-order chi connectivity index (χ0) is 13.3. The SMILES string of the molecule is Cc1nn(C)c(Oc2ccc(Cl)cc2)c1C(N)=S. The zero-order valence-corrected chi connectivity index (χ0v) is 11.5. The van der Waals surface area contributed by atoms with Gasteiger partial charge in [0.25, 0.3) is 0 Å². The van der Waals surface area contributed by atoms with Crippen molar-refractivity contribution in [2.75, 3.05) is 0 Å². The number of aryl methyl sites for hydroxylation is 2. The van der Waals surface area contributed by atoms with E-state index < -0.39 is 0 Å². The lowest BCUT2D eigenvalue weighted by Gasteiger charge is -2.08. The lowest BCUT2D eigenvalue weighted by molar-refractivity contribution is 0.430. The maximum Gasteiger partial charge on any atom is 0.228 e. The normalized spacial score (nSPS) is 10.4. The van der Waals surface area contributed by atoms with Crippen LogP contribution in [0.2, 0.25) is 5.02 Å². The first kappa shape index (κ1) is 12.9. The minimum absolute atomic E-state index is 0.268. The van der Waals surface area contributed by atoms with Crippen molar-refractivity contribution in [2.24, 2.45) is 12.8 Å². The van der Waals surface area contributed by atoms with Crippen molar-refractivity contribution in [3.8, 4) is 11.6 Å². The molecular formula is C12H12ClN3OS. The smallest absolute Gasteiger partial charge is 0.228 e. The Bertz CT molecular complexity index is 592. The first-order valence-corrected chi connectivity index (χ1v) is 6.04. The molecule has 4 nitrogen and oxygen atoms in total. The average molecular weight is 282 g/mol. The van der Waals surface area contributed by atoms with Gasteiger partial charge < -0.3 is 10.5 Å². The second-order valence-electron chi connectivity index (χ2n) is 3.81. The Morgan fingerprint density at radius 2 is 2.00 bits per heavy atom. The topological polar surface area (TPSA) is 53.1 Å². The van der Waals surface area contributed by atoms with Crippen LogP contribution in [-0.2, 0) is 7.05 Å². The third-order valence-corrected chi connectivity index (χ3v) is 2.90. The van der Waals surface area contributed by atoms with Crippen LogP contribution in [0, 0.1) is 6.92 Å². The Balaban J connectivity index is 2.39. The minimum Gasteiger partial charge on any atom is -0.439 e. The number of halogens is 1. The molecule has 1 aromatic heterocycles. The Labute approximate surface area is 115 Å². The minimum atomic E-state index is 0.268. The van der Waals surface area contributed by atoms with Crippen molar-refractivity contribution < 1.29 is 4.74 Å². The predicted molar refractivity (Wildman–Crippen MR) is 75.4 cm³/mol. The van der Waals surface area contributed by atoms with E-state index in [2.05, 4.69) is 5.10 Å². The Hall–Kier alpha value is -1.59. The summed E-state index contributed by atoms with van der Waals surface area (Å²) in [7, 11) is 1.78. The summed E-state index contributed by atoms with van der Waals surface area (Å²) >= 11 is 10.8. The van der Waals surface area contributed by atoms with Crippen molar-refractivity contribution in [1.82, 2.24) is 9.78 Å². The van der Waals surface area contributed by atoms with Crippen molar-refractivity contribution >= 4 is 28.8 Å². The molecule has 0 radical (unpaired) electrons. The van der Waals surface area contributed by atoms with E-state index in [4.69, 9.17) is 34.3 Å². The Morgan fingerprint density at radius 3 is 2.56 bits per heavy atom. The molecule has 0 spiro atoms. The molecule has 2 rings (SSSR count). The van der Waals surface area contributed by atoms with Crippen LogP contribution in [0.1, 0.15) is 11.3 Å². The standard InChI is InChI=1S/C12H12ClN3OS/c1-7-10(11(14)18)12(16(2)15-7)17-9-5-3-8(13)4-6-9/h3-6H,1-2H3,(H2,14,18). The maximum absolute atomic E-state index is 5.82. The molecule has 0 saturated carbocycles. The van der Waals surface area contributed by atoms with E-state index in [0.717, 1.165) is 5.69 Å². The van der Waals surface area contributed by atoms with Crippen LogP contribution in [0.25, 0.3) is 0 Å². The van der Waals surface area contributed by atoms with Gasteiger partial charge in [-0.1, -0.05) is 23.8 Å². The summed E-state index contributed by atoms with van der Waals surface area (Å²) in [5.41, 5.74) is 7.08. The molecule has 6 heteroatoms. The van der Waals surface area contributed by atoms with Gasteiger partial charge in [0.15, 0.2) is 0 Å². The van der Waals surface area contributed by atoms with Gasteiger partial charge in [-0.3, -0.25) is 0 Å². The largest absolute Gasteiger partial charge is 0.439 e. The van der Waals surface area contributed by atoms with E-state index in [1.54, 1.807) is 36.0 Å². The third-order valence-electron chi connectivity index (χ3n) is 2.44. The number of nitrogens with two attached hydrogens (primary N) is 1. The highest BCUT2D eigenvalue weighted by atomic mass is 35.5. The van der Waals surface area contributed by atoms with Crippen LogP contribution < -0.4 is 10.5 Å². The summed E-state index contributed by atoms with van der Waals surface area (Å²) < 4.78 is 7.36. The van der Waals surface area contributed by atoms with E-state index in [9.17, 15) is 0 Å².